The molecular weight excluding hydrogens is 160 g/mol. The van der Waals surface area contributed by atoms with Gasteiger partial charge in [-0.15, -0.1) is 0 Å². The maximum atomic E-state index is 11.4. The Labute approximate surface area is 70.7 Å². The van der Waals surface area contributed by atoms with Crippen LogP contribution in [0.25, 0.3) is 0 Å². The second-order valence-corrected chi connectivity index (χ2v) is 3.52. The molecule has 0 fully saturated rings. The van der Waals surface area contributed by atoms with Crippen molar-refractivity contribution in [2.45, 2.75) is 12.8 Å². The number of ketones is 1. The molecular formula is C9H9ClO. The van der Waals surface area contributed by atoms with E-state index in [0.717, 1.165) is 12.8 Å². The van der Waals surface area contributed by atoms with Crippen LogP contribution in [-0.2, 0) is 4.79 Å². The molecule has 0 unspecified atom stereocenters. The van der Waals surface area contributed by atoms with Crippen molar-refractivity contribution in [3.05, 3.63) is 23.3 Å². The predicted molar refractivity (Wildman–Crippen MR) is 44.3 cm³/mol. The highest BCUT2D eigenvalue weighted by Gasteiger charge is 2.26. The summed E-state index contributed by atoms with van der Waals surface area (Å²) in [5.41, 5.74) is 0. The molecule has 0 amide bonds. The van der Waals surface area contributed by atoms with Gasteiger partial charge in [0.15, 0.2) is 5.78 Å². The smallest absolute Gasteiger partial charge is 0.180 e. The maximum Gasteiger partial charge on any atom is 0.180 e. The van der Waals surface area contributed by atoms with Crippen LogP contribution in [0.1, 0.15) is 12.8 Å². The van der Waals surface area contributed by atoms with Crippen LogP contribution in [-0.4, -0.2) is 5.78 Å². The van der Waals surface area contributed by atoms with E-state index in [1.807, 2.05) is 12.2 Å². The lowest BCUT2D eigenvalue weighted by atomic mass is 9.90. The summed E-state index contributed by atoms with van der Waals surface area (Å²) in [6.07, 6.45) is 7.98. The number of hydrogen-bond donors (Lipinski definition) is 0. The van der Waals surface area contributed by atoms with Crippen molar-refractivity contribution < 1.29 is 4.79 Å². The number of rotatable bonds is 0. The Bertz CT molecular complexity index is 252. The van der Waals surface area contributed by atoms with E-state index in [0.29, 0.717) is 11.0 Å². The molecule has 3 aliphatic rings. The van der Waals surface area contributed by atoms with Gasteiger partial charge >= 0.3 is 0 Å². The molecule has 0 aliphatic heterocycles. The van der Waals surface area contributed by atoms with Gasteiger partial charge in [0.1, 0.15) is 0 Å². The molecule has 58 valence electrons. The largest absolute Gasteiger partial charge is 0.293 e. The normalized spacial score (nSPS) is 35.4. The first-order valence-corrected chi connectivity index (χ1v) is 4.25. The third-order valence-electron chi connectivity index (χ3n) is 2.33. The fourth-order valence-corrected chi connectivity index (χ4v) is 1.95. The highest BCUT2D eigenvalue weighted by Crippen LogP contribution is 2.32. The standard InChI is InChI=1S/C9H9ClO/c10-8-5-6-1-3-7(4-2-6)9(8)11/h1,3,5-7H,2,4H2/t6-,7+/m0/s1. The molecule has 0 heterocycles. The third kappa shape index (κ3) is 1.14. The second kappa shape index (κ2) is 2.49. The molecule has 3 aliphatic carbocycles. The Balaban J connectivity index is 2.41. The molecule has 0 saturated heterocycles. The zero-order valence-electron chi connectivity index (χ0n) is 6.09. The van der Waals surface area contributed by atoms with Crippen LogP contribution in [0.15, 0.2) is 23.3 Å². The molecule has 0 saturated carbocycles. The predicted octanol–water partition coefficient (Wildman–Crippen LogP) is 2.27. The number of allylic oxidation sites excluding steroid dienone is 4. The van der Waals surface area contributed by atoms with Crippen LogP contribution >= 0.6 is 11.6 Å². The van der Waals surface area contributed by atoms with E-state index >= 15 is 0 Å². The van der Waals surface area contributed by atoms with Crippen molar-refractivity contribution in [1.29, 1.82) is 0 Å². The van der Waals surface area contributed by atoms with Gasteiger partial charge < -0.3 is 0 Å². The summed E-state index contributed by atoms with van der Waals surface area (Å²) < 4.78 is 0. The minimum absolute atomic E-state index is 0.0671. The van der Waals surface area contributed by atoms with Crippen LogP contribution in [0.5, 0.6) is 0 Å². The summed E-state index contributed by atoms with van der Waals surface area (Å²) in [5.74, 6) is 0.575. The highest BCUT2D eigenvalue weighted by molar-refractivity contribution is 6.43. The molecule has 0 aromatic carbocycles. The quantitative estimate of drug-likeness (QED) is 0.508. The van der Waals surface area contributed by atoms with Crippen molar-refractivity contribution in [3.63, 3.8) is 0 Å². The van der Waals surface area contributed by atoms with Gasteiger partial charge in [-0.1, -0.05) is 29.8 Å². The summed E-state index contributed by atoms with van der Waals surface area (Å²) >= 11 is 5.77. The number of carbonyl (C=O) groups excluding carboxylic acids is 1. The van der Waals surface area contributed by atoms with Crippen LogP contribution in [0.4, 0.5) is 0 Å². The molecule has 2 heteroatoms. The van der Waals surface area contributed by atoms with E-state index in [1.54, 1.807) is 0 Å². The molecule has 0 N–H and O–H groups in total. The van der Waals surface area contributed by atoms with Crippen LogP contribution in [0.2, 0.25) is 0 Å². The SMILES string of the molecule is O=C1C(Cl)=C[C@H]2C=C[C@@H]1CC2. The highest BCUT2D eigenvalue weighted by atomic mass is 35.5. The minimum atomic E-state index is 0.0671. The van der Waals surface area contributed by atoms with Crippen molar-refractivity contribution >= 4 is 17.4 Å². The Morgan fingerprint density at radius 2 is 2.18 bits per heavy atom. The van der Waals surface area contributed by atoms with Gasteiger partial charge in [-0.05, 0) is 18.8 Å². The lowest BCUT2D eigenvalue weighted by molar-refractivity contribution is -0.117. The Morgan fingerprint density at radius 3 is 2.82 bits per heavy atom. The molecule has 0 radical (unpaired) electrons. The molecule has 0 aromatic rings. The number of hydrogen-bond acceptors (Lipinski definition) is 1. The van der Waals surface area contributed by atoms with Crippen LogP contribution in [0.3, 0.4) is 0 Å². The van der Waals surface area contributed by atoms with Gasteiger partial charge in [0, 0.05) is 5.92 Å². The molecule has 11 heavy (non-hydrogen) atoms. The van der Waals surface area contributed by atoms with E-state index in [2.05, 4.69) is 6.08 Å². The summed E-state index contributed by atoms with van der Waals surface area (Å²) in [5, 5.41) is 0.433. The summed E-state index contributed by atoms with van der Waals surface area (Å²) in [6, 6.07) is 0. The molecule has 3 rings (SSSR count). The molecule has 0 aromatic heterocycles. The first-order valence-electron chi connectivity index (χ1n) is 3.87. The van der Waals surface area contributed by atoms with E-state index in [4.69, 9.17) is 11.6 Å². The topological polar surface area (TPSA) is 17.1 Å². The van der Waals surface area contributed by atoms with E-state index < -0.39 is 0 Å². The second-order valence-electron chi connectivity index (χ2n) is 3.11. The van der Waals surface area contributed by atoms with E-state index in [9.17, 15) is 4.79 Å². The fraction of sp³-hybridized carbons (Fsp3) is 0.444. The Kier molecular flexibility index (Phi) is 1.61. The van der Waals surface area contributed by atoms with Gasteiger partial charge in [-0.2, -0.15) is 0 Å². The number of fused-ring (bicyclic) bond motifs is 2. The molecule has 1 nitrogen and oxygen atoms in total. The van der Waals surface area contributed by atoms with Crippen molar-refractivity contribution in [3.8, 4) is 0 Å². The summed E-state index contributed by atoms with van der Waals surface area (Å²) in [6.45, 7) is 0. The lowest BCUT2D eigenvalue weighted by Gasteiger charge is -2.13. The van der Waals surface area contributed by atoms with Crippen molar-refractivity contribution in [2.24, 2.45) is 11.8 Å². The van der Waals surface area contributed by atoms with E-state index in [1.165, 1.54) is 0 Å². The van der Waals surface area contributed by atoms with Gasteiger partial charge in [0.05, 0.1) is 5.03 Å². The Hall–Kier alpha value is -0.560. The van der Waals surface area contributed by atoms with Gasteiger partial charge in [0.2, 0.25) is 0 Å². The van der Waals surface area contributed by atoms with Gasteiger partial charge in [0.25, 0.3) is 0 Å². The van der Waals surface area contributed by atoms with Crippen molar-refractivity contribution in [2.75, 3.05) is 0 Å². The Morgan fingerprint density at radius 1 is 1.36 bits per heavy atom. The number of carbonyl (C=O) groups is 1. The minimum Gasteiger partial charge on any atom is -0.293 e. The fourth-order valence-electron chi connectivity index (χ4n) is 1.65. The molecule has 2 bridgehead atoms. The zero-order valence-corrected chi connectivity index (χ0v) is 6.84. The van der Waals surface area contributed by atoms with Gasteiger partial charge in [-0.25, -0.2) is 0 Å². The summed E-state index contributed by atoms with van der Waals surface area (Å²) in [7, 11) is 0. The van der Waals surface area contributed by atoms with Crippen molar-refractivity contribution in [1.82, 2.24) is 0 Å². The maximum absolute atomic E-state index is 11.4. The molecule has 0 spiro atoms. The van der Waals surface area contributed by atoms with Crippen LogP contribution in [0, 0.1) is 11.8 Å². The van der Waals surface area contributed by atoms with Gasteiger partial charge in [-0.3, -0.25) is 4.79 Å². The molecule has 2 atom stereocenters. The van der Waals surface area contributed by atoms with E-state index in [-0.39, 0.29) is 11.7 Å². The first-order chi connectivity index (χ1) is 5.27. The zero-order chi connectivity index (χ0) is 7.84. The first kappa shape index (κ1) is 7.11. The number of halogens is 1. The summed E-state index contributed by atoms with van der Waals surface area (Å²) in [4.78, 5) is 11.4. The monoisotopic (exact) mass is 168 g/mol. The third-order valence-corrected chi connectivity index (χ3v) is 2.65. The average Bonchev–Trinajstić information content (AvgIpc) is 2.22. The van der Waals surface area contributed by atoms with Crippen LogP contribution < -0.4 is 0 Å². The average molecular weight is 169 g/mol. The number of Topliss-reactive ketones (excluding diaryl/α,β-unsaturated/α-hetero) is 1. The lowest BCUT2D eigenvalue weighted by Crippen LogP contribution is -2.12.